The van der Waals surface area contributed by atoms with Crippen LogP contribution in [0.3, 0.4) is 0 Å². The molecule has 2 N–H and O–H groups in total. The number of nitrogens with one attached hydrogen (secondary N) is 1. The van der Waals surface area contributed by atoms with Crippen molar-refractivity contribution in [2.24, 2.45) is 5.92 Å². The number of pyridine rings is 1. The Hall–Kier alpha value is -4.24. The highest BCUT2D eigenvalue weighted by Crippen LogP contribution is 2.33. The first kappa shape index (κ1) is 26.8. The number of carbonyl (C=O) groups excluding carboxylic acids is 1. The van der Waals surface area contributed by atoms with Gasteiger partial charge in [-0.1, -0.05) is 19.9 Å². The number of carboxylic acid groups (broad SMARTS) is 1. The van der Waals surface area contributed by atoms with Gasteiger partial charge in [-0.05, 0) is 48.5 Å². The van der Waals surface area contributed by atoms with Crippen molar-refractivity contribution < 1.29 is 28.2 Å². The average molecular weight is 541 g/mol. The van der Waals surface area contributed by atoms with Crippen molar-refractivity contribution in [1.82, 2.24) is 4.57 Å². The molecule has 7 nitrogen and oxygen atoms in total. The van der Waals surface area contributed by atoms with Crippen molar-refractivity contribution in [3.05, 3.63) is 99.3 Å². The summed E-state index contributed by atoms with van der Waals surface area (Å²) in [6, 6.07) is 13.0. The number of aromatic nitrogens is 1. The number of halogens is 3. The van der Waals surface area contributed by atoms with Crippen LogP contribution in [0.4, 0.5) is 14.5 Å². The van der Waals surface area contributed by atoms with Crippen LogP contribution in [0, 0.1) is 17.6 Å². The third-order valence-electron chi connectivity index (χ3n) is 5.94. The molecule has 0 aliphatic rings. The third kappa shape index (κ3) is 5.38. The molecule has 1 heterocycles. The van der Waals surface area contributed by atoms with E-state index in [1.807, 2.05) is 0 Å². The van der Waals surface area contributed by atoms with Gasteiger partial charge in [0.1, 0.15) is 28.7 Å². The fourth-order valence-corrected chi connectivity index (χ4v) is 4.18. The SMILES string of the molecule is CC(C)C(=O)Nc1ccc(Oc2ccc3c(c2CCl)c(=O)c(C(=O)O)cn3Cc2c(F)cccc2F)cc1. The number of hydrogen-bond acceptors (Lipinski definition) is 4. The van der Waals surface area contributed by atoms with Crippen LogP contribution in [-0.4, -0.2) is 21.6 Å². The predicted molar refractivity (Wildman–Crippen MR) is 140 cm³/mol. The summed E-state index contributed by atoms with van der Waals surface area (Å²) < 4.78 is 36.0. The summed E-state index contributed by atoms with van der Waals surface area (Å²) in [5.74, 6) is -3.07. The third-order valence-corrected chi connectivity index (χ3v) is 6.21. The average Bonchev–Trinajstić information content (AvgIpc) is 2.88. The van der Waals surface area contributed by atoms with E-state index in [1.165, 1.54) is 16.7 Å². The van der Waals surface area contributed by atoms with Gasteiger partial charge in [0.15, 0.2) is 0 Å². The largest absolute Gasteiger partial charge is 0.477 e. The Morgan fingerprint density at radius 1 is 1.03 bits per heavy atom. The molecule has 0 saturated carbocycles. The van der Waals surface area contributed by atoms with Gasteiger partial charge in [-0.3, -0.25) is 9.59 Å². The van der Waals surface area contributed by atoms with Crippen molar-refractivity contribution in [2.45, 2.75) is 26.3 Å². The lowest BCUT2D eigenvalue weighted by molar-refractivity contribution is -0.118. The van der Waals surface area contributed by atoms with Crippen LogP contribution in [-0.2, 0) is 17.2 Å². The Kier molecular flexibility index (Phi) is 7.78. The quantitative estimate of drug-likeness (QED) is 0.261. The van der Waals surface area contributed by atoms with Gasteiger partial charge in [0.05, 0.1) is 23.3 Å². The molecule has 0 aliphatic carbocycles. The number of anilines is 1. The number of nitrogens with zero attached hydrogens (tertiary/aromatic N) is 1. The van der Waals surface area contributed by atoms with Crippen LogP contribution in [0.15, 0.2) is 65.6 Å². The number of fused-ring (bicyclic) bond motifs is 1. The highest BCUT2D eigenvalue weighted by Gasteiger charge is 2.21. The molecule has 38 heavy (non-hydrogen) atoms. The van der Waals surface area contributed by atoms with E-state index < -0.39 is 28.6 Å². The maximum Gasteiger partial charge on any atom is 0.341 e. The van der Waals surface area contributed by atoms with Crippen LogP contribution in [0.25, 0.3) is 10.9 Å². The number of hydrogen-bond donors (Lipinski definition) is 2. The van der Waals surface area contributed by atoms with Gasteiger partial charge in [-0.15, -0.1) is 11.6 Å². The Labute approximate surface area is 221 Å². The summed E-state index contributed by atoms with van der Waals surface area (Å²) in [5.41, 5.74) is -0.643. The number of carboxylic acids is 1. The monoisotopic (exact) mass is 540 g/mol. The number of alkyl halides is 1. The highest BCUT2D eigenvalue weighted by molar-refractivity contribution is 6.18. The van der Waals surface area contributed by atoms with Crippen molar-refractivity contribution in [2.75, 3.05) is 5.32 Å². The van der Waals surface area contributed by atoms with Gasteiger partial charge in [0.25, 0.3) is 0 Å². The second-order valence-corrected chi connectivity index (χ2v) is 9.11. The molecule has 0 unspecified atom stereocenters. The van der Waals surface area contributed by atoms with Crippen molar-refractivity contribution >= 4 is 40.1 Å². The fourth-order valence-electron chi connectivity index (χ4n) is 3.91. The second-order valence-electron chi connectivity index (χ2n) is 8.85. The van der Waals surface area contributed by atoms with Gasteiger partial charge < -0.3 is 19.7 Å². The van der Waals surface area contributed by atoms with Crippen LogP contribution in [0.5, 0.6) is 11.5 Å². The molecule has 0 atom stereocenters. The first-order chi connectivity index (χ1) is 18.1. The first-order valence-corrected chi connectivity index (χ1v) is 12.1. The van der Waals surface area contributed by atoms with Gasteiger partial charge >= 0.3 is 5.97 Å². The lowest BCUT2D eigenvalue weighted by Crippen LogP contribution is -2.21. The van der Waals surface area contributed by atoms with Crippen LogP contribution in [0.1, 0.15) is 35.3 Å². The van der Waals surface area contributed by atoms with E-state index in [4.69, 9.17) is 16.3 Å². The summed E-state index contributed by atoms with van der Waals surface area (Å²) in [6.07, 6.45) is 1.06. The maximum absolute atomic E-state index is 14.4. The molecule has 0 spiro atoms. The van der Waals surface area contributed by atoms with Crippen molar-refractivity contribution in [3.8, 4) is 11.5 Å². The number of ether oxygens (including phenoxy) is 1. The normalized spacial score (nSPS) is 11.1. The molecule has 4 aromatic rings. The van der Waals surface area contributed by atoms with E-state index in [-0.39, 0.29) is 52.0 Å². The lowest BCUT2D eigenvalue weighted by atomic mass is 10.0. The molecule has 196 valence electrons. The van der Waals surface area contributed by atoms with Gasteiger partial charge in [0, 0.05) is 28.9 Å². The fraction of sp³-hybridized carbons (Fsp3) is 0.179. The van der Waals surface area contributed by atoms with E-state index in [9.17, 15) is 28.3 Å². The van der Waals surface area contributed by atoms with E-state index in [0.717, 1.165) is 18.3 Å². The molecule has 0 bridgehead atoms. The number of benzene rings is 3. The zero-order chi connectivity index (χ0) is 27.6. The molecule has 0 saturated heterocycles. The Morgan fingerprint density at radius 2 is 1.68 bits per heavy atom. The van der Waals surface area contributed by atoms with Crippen LogP contribution < -0.4 is 15.5 Å². The predicted octanol–water partition coefficient (Wildman–Crippen LogP) is 6.15. The Morgan fingerprint density at radius 3 is 2.26 bits per heavy atom. The minimum atomic E-state index is -1.49. The number of aromatic carboxylic acids is 1. The summed E-state index contributed by atoms with van der Waals surface area (Å²) in [5, 5.41) is 12.4. The first-order valence-electron chi connectivity index (χ1n) is 11.6. The standard InChI is InChI=1S/C28H23ClF2N2O5/c1-15(2)27(35)32-16-6-8-17(9-7-16)38-24-11-10-23-25(18(24)12-29)26(34)20(28(36)37)14-33(23)13-19-21(30)4-3-5-22(19)31/h3-11,14-15H,12-13H2,1-2H3,(H,32,35)(H,36,37). The summed E-state index contributed by atoms with van der Waals surface area (Å²) in [4.78, 5) is 37.0. The molecular formula is C28H23ClF2N2O5. The molecule has 0 aliphatic heterocycles. The maximum atomic E-state index is 14.4. The molecule has 10 heteroatoms. The smallest absolute Gasteiger partial charge is 0.341 e. The van der Waals surface area contributed by atoms with Crippen molar-refractivity contribution in [1.29, 1.82) is 0 Å². The van der Waals surface area contributed by atoms with Gasteiger partial charge in [0.2, 0.25) is 11.3 Å². The number of carbonyl (C=O) groups is 2. The number of rotatable bonds is 8. The van der Waals surface area contributed by atoms with E-state index in [0.29, 0.717) is 11.4 Å². The summed E-state index contributed by atoms with van der Waals surface area (Å²) in [6.45, 7) is 3.19. The summed E-state index contributed by atoms with van der Waals surface area (Å²) >= 11 is 6.21. The molecule has 1 aromatic heterocycles. The van der Waals surface area contributed by atoms with E-state index in [2.05, 4.69) is 5.32 Å². The van der Waals surface area contributed by atoms with Gasteiger partial charge in [-0.25, -0.2) is 13.6 Å². The van der Waals surface area contributed by atoms with Crippen LogP contribution >= 0.6 is 11.6 Å². The zero-order valence-electron chi connectivity index (χ0n) is 20.4. The molecule has 3 aromatic carbocycles. The van der Waals surface area contributed by atoms with Crippen LogP contribution in [0.2, 0.25) is 0 Å². The Balaban J connectivity index is 1.80. The molecule has 1 amide bonds. The van der Waals surface area contributed by atoms with Crippen molar-refractivity contribution in [3.63, 3.8) is 0 Å². The lowest BCUT2D eigenvalue weighted by Gasteiger charge is -2.17. The van der Waals surface area contributed by atoms with Gasteiger partial charge in [-0.2, -0.15) is 0 Å². The highest BCUT2D eigenvalue weighted by atomic mass is 35.5. The molecule has 4 rings (SSSR count). The van der Waals surface area contributed by atoms with E-state index >= 15 is 0 Å². The molecular weight excluding hydrogens is 518 g/mol. The summed E-state index contributed by atoms with van der Waals surface area (Å²) in [7, 11) is 0. The topological polar surface area (TPSA) is 97.6 Å². The van der Waals surface area contributed by atoms with E-state index in [1.54, 1.807) is 44.2 Å². The molecule has 0 radical (unpaired) electrons. The minimum absolute atomic E-state index is 0.0324. The zero-order valence-corrected chi connectivity index (χ0v) is 21.2. The molecule has 0 fully saturated rings. The minimum Gasteiger partial charge on any atom is -0.477 e. The number of amides is 1. The second kappa shape index (κ2) is 11.0. The Bertz CT molecular complexity index is 1580.